The van der Waals surface area contributed by atoms with Gasteiger partial charge in [0.15, 0.2) is 11.5 Å². The maximum atomic E-state index is 13.4. The first-order valence-electron chi connectivity index (χ1n) is 12.8. The van der Waals surface area contributed by atoms with Crippen LogP contribution in [0.1, 0.15) is 23.2 Å². The van der Waals surface area contributed by atoms with Gasteiger partial charge in [0.05, 0.1) is 25.6 Å². The third kappa shape index (κ3) is 6.26. The predicted molar refractivity (Wildman–Crippen MR) is 151 cm³/mol. The van der Waals surface area contributed by atoms with E-state index in [0.717, 1.165) is 18.4 Å². The molecule has 5 rings (SSSR count). The van der Waals surface area contributed by atoms with Gasteiger partial charge in [-0.2, -0.15) is 0 Å². The minimum Gasteiger partial charge on any atom is -0.493 e. The number of nitrogens with one attached hydrogen (secondary N) is 1. The number of carbonyl (C=O) groups excluding carboxylic acids is 2. The molecule has 1 fully saturated rings. The van der Waals surface area contributed by atoms with Crippen molar-refractivity contribution < 1.29 is 23.5 Å². The molecule has 8 nitrogen and oxygen atoms in total. The summed E-state index contributed by atoms with van der Waals surface area (Å²) in [6, 6.07) is 17.9. The summed E-state index contributed by atoms with van der Waals surface area (Å²) >= 11 is 6.07. The fraction of sp³-hybridized carbons (Fsp3) is 0.233. The van der Waals surface area contributed by atoms with Crippen molar-refractivity contribution in [1.82, 2.24) is 14.5 Å². The lowest BCUT2D eigenvalue weighted by atomic mass is 10.2. The molecule has 10 heteroatoms. The number of imidazole rings is 1. The topological polar surface area (TPSA) is 85.7 Å². The van der Waals surface area contributed by atoms with Crippen LogP contribution in [0.25, 0.3) is 16.9 Å². The van der Waals surface area contributed by atoms with Gasteiger partial charge in [0, 0.05) is 35.0 Å². The summed E-state index contributed by atoms with van der Waals surface area (Å²) in [5.41, 5.74) is 2.42. The van der Waals surface area contributed by atoms with E-state index >= 15 is 0 Å². The van der Waals surface area contributed by atoms with E-state index in [0.29, 0.717) is 45.9 Å². The Labute approximate surface area is 236 Å². The zero-order valence-electron chi connectivity index (χ0n) is 22.1. The number of halogens is 2. The van der Waals surface area contributed by atoms with Crippen molar-refractivity contribution >= 4 is 29.4 Å². The number of nitrogens with zero attached hydrogens (tertiary/aromatic N) is 3. The molecular formula is C30H28ClFN4O4. The predicted octanol–water partition coefficient (Wildman–Crippen LogP) is 5.84. The van der Waals surface area contributed by atoms with Crippen molar-refractivity contribution in [3.05, 3.63) is 89.3 Å². The number of benzene rings is 3. The van der Waals surface area contributed by atoms with Crippen LogP contribution in [0.3, 0.4) is 0 Å². The van der Waals surface area contributed by atoms with Crippen LogP contribution in [0, 0.1) is 11.7 Å². The molecule has 0 unspecified atom stereocenters. The second-order valence-corrected chi connectivity index (χ2v) is 9.99. The van der Waals surface area contributed by atoms with Gasteiger partial charge in [-0.3, -0.25) is 19.5 Å². The van der Waals surface area contributed by atoms with Gasteiger partial charge in [0.1, 0.15) is 12.4 Å². The molecule has 1 aromatic heterocycles. The number of hydrogen-bond donors (Lipinski definition) is 1. The molecule has 0 radical (unpaired) electrons. The summed E-state index contributed by atoms with van der Waals surface area (Å²) in [6.07, 6.45) is 3.80. The van der Waals surface area contributed by atoms with Gasteiger partial charge >= 0.3 is 0 Å². The van der Waals surface area contributed by atoms with Gasteiger partial charge in [-0.05, 0) is 67.3 Å². The summed E-state index contributed by atoms with van der Waals surface area (Å²) in [5, 5.41) is 3.47. The molecule has 0 bridgehead atoms. The van der Waals surface area contributed by atoms with Crippen LogP contribution < -0.4 is 14.8 Å². The van der Waals surface area contributed by atoms with Crippen molar-refractivity contribution in [2.24, 2.45) is 5.92 Å². The second kappa shape index (κ2) is 11.8. The molecule has 1 aliphatic carbocycles. The first-order valence-corrected chi connectivity index (χ1v) is 13.1. The number of rotatable bonds is 10. The van der Waals surface area contributed by atoms with E-state index in [2.05, 4.69) is 10.3 Å². The zero-order valence-corrected chi connectivity index (χ0v) is 22.8. The van der Waals surface area contributed by atoms with Gasteiger partial charge in [-0.25, -0.2) is 9.37 Å². The zero-order chi connectivity index (χ0) is 28.2. The summed E-state index contributed by atoms with van der Waals surface area (Å²) in [7, 11) is 3.10. The Hall–Kier alpha value is -4.37. The Kier molecular flexibility index (Phi) is 8.02. The number of amides is 2. The fourth-order valence-electron chi connectivity index (χ4n) is 4.34. The molecule has 2 amide bonds. The van der Waals surface area contributed by atoms with Crippen molar-refractivity contribution in [3.8, 4) is 28.4 Å². The largest absolute Gasteiger partial charge is 0.493 e. The van der Waals surface area contributed by atoms with Gasteiger partial charge in [-0.1, -0.05) is 23.7 Å². The SMILES string of the molecule is COc1ccc(-n2cc(-c3ccc(Cl)cc3)nc2NC(=O)CN(CC2CC2)C(=O)c2ccc(F)cc2)cc1OC. The van der Waals surface area contributed by atoms with Crippen molar-refractivity contribution in [3.63, 3.8) is 0 Å². The Morgan fingerprint density at radius 2 is 1.73 bits per heavy atom. The molecule has 4 aromatic rings. The summed E-state index contributed by atoms with van der Waals surface area (Å²) in [5.74, 6) is 0.523. The number of anilines is 1. The van der Waals surface area contributed by atoms with Crippen molar-refractivity contribution in [1.29, 1.82) is 0 Å². The Morgan fingerprint density at radius 1 is 1.02 bits per heavy atom. The third-order valence-corrected chi connectivity index (χ3v) is 6.88. The average Bonchev–Trinajstić information content (AvgIpc) is 3.69. The quantitative estimate of drug-likeness (QED) is 0.262. The number of methoxy groups -OCH3 is 2. The lowest BCUT2D eigenvalue weighted by Crippen LogP contribution is -2.39. The molecule has 1 N–H and O–H groups in total. The van der Waals surface area contributed by atoms with E-state index in [1.165, 1.54) is 29.2 Å². The molecule has 0 aliphatic heterocycles. The fourth-order valence-corrected chi connectivity index (χ4v) is 4.47. The number of carbonyl (C=O) groups is 2. The molecule has 0 saturated heterocycles. The van der Waals surface area contributed by atoms with Crippen LogP contribution in [-0.4, -0.2) is 53.6 Å². The number of aromatic nitrogens is 2. The lowest BCUT2D eigenvalue weighted by molar-refractivity contribution is -0.117. The van der Waals surface area contributed by atoms with E-state index in [1.807, 2.05) is 18.2 Å². The monoisotopic (exact) mass is 562 g/mol. The van der Waals surface area contributed by atoms with Crippen LogP contribution >= 0.6 is 11.6 Å². The summed E-state index contributed by atoms with van der Waals surface area (Å²) < 4.78 is 26.0. The Bertz CT molecular complexity index is 1520. The van der Waals surface area contributed by atoms with E-state index in [-0.39, 0.29) is 18.4 Å². The Balaban J connectivity index is 1.44. The minimum absolute atomic E-state index is 0.179. The van der Waals surface area contributed by atoms with Crippen LogP contribution in [-0.2, 0) is 4.79 Å². The van der Waals surface area contributed by atoms with Crippen LogP contribution in [0.5, 0.6) is 11.5 Å². The number of hydrogen-bond acceptors (Lipinski definition) is 5. The summed E-state index contributed by atoms with van der Waals surface area (Å²) in [6.45, 7) is 0.269. The lowest BCUT2D eigenvalue weighted by Gasteiger charge is -2.22. The van der Waals surface area contributed by atoms with Gasteiger partial charge in [0.25, 0.3) is 5.91 Å². The van der Waals surface area contributed by atoms with Gasteiger partial charge in [-0.15, -0.1) is 0 Å². The Morgan fingerprint density at radius 3 is 2.38 bits per heavy atom. The van der Waals surface area contributed by atoms with Gasteiger partial charge < -0.3 is 14.4 Å². The standard InChI is InChI=1S/C30H28ClFN4O4/c1-39-26-14-13-24(15-27(26)40-2)36-17-25(20-5-9-22(31)10-6-20)33-30(36)34-28(37)18-35(16-19-3-4-19)29(38)21-7-11-23(32)12-8-21/h5-15,17,19H,3-4,16,18H2,1-2H3,(H,33,34,37). The molecular weight excluding hydrogens is 535 g/mol. The smallest absolute Gasteiger partial charge is 0.254 e. The highest BCUT2D eigenvalue weighted by Crippen LogP contribution is 2.33. The summed E-state index contributed by atoms with van der Waals surface area (Å²) in [4.78, 5) is 32.7. The second-order valence-electron chi connectivity index (χ2n) is 9.55. The number of ether oxygens (including phenoxy) is 2. The van der Waals surface area contributed by atoms with Gasteiger partial charge in [0.2, 0.25) is 11.9 Å². The van der Waals surface area contributed by atoms with E-state index in [1.54, 1.807) is 49.2 Å². The molecule has 0 atom stereocenters. The highest BCUT2D eigenvalue weighted by molar-refractivity contribution is 6.30. The highest BCUT2D eigenvalue weighted by atomic mass is 35.5. The molecule has 1 saturated carbocycles. The molecule has 3 aromatic carbocycles. The average molecular weight is 563 g/mol. The molecule has 0 spiro atoms. The first-order chi connectivity index (χ1) is 19.3. The molecule has 206 valence electrons. The minimum atomic E-state index is -0.429. The van der Waals surface area contributed by atoms with Crippen LogP contribution in [0.15, 0.2) is 72.9 Å². The van der Waals surface area contributed by atoms with Crippen LogP contribution in [0.2, 0.25) is 5.02 Å². The first kappa shape index (κ1) is 27.2. The molecule has 40 heavy (non-hydrogen) atoms. The van der Waals surface area contributed by atoms with Crippen molar-refractivity contribution in [2.75, 3.05) is 32.6 Å². The van der Waals surface area contributed by atoms with E-state index in [4.69, 9.17) is 21.1 Å². The van der Waals surface area contributed by atoms with Crippen molar-refractivity contribution in [2.45, 2.75) is 12.8 Å². The van der Waals surface area contributed by atoms with Crippen LogP contribution in [0.4, 0.5) is 10.3 Å². The highest BCUT2D eigenvalue weighted by Gasteiger charge is 2.29. The molecule has 1 heterocycles. The van der Waals surface area contributed by atoms with E-state index < -0.39 is 11.7 Å². The maximum absolute atomic E-state index is 13.4. The molecule has 1 aliphatic rings. The van der Waals surface area contributed by atoms with E-state index in [9.17, 15) is 14.0 Å². The normalized spacial score (nSPS) is 12.6. The third-order valence-electron chi connectivity index (χ3n) is 6.63. The maximum Gasteiger partial charge on any atom is 0.254 e.